The zero-order valence-corrected chi connectivity index (χ0v) is 12.0. The second kappa shape index (κ2) is 5.83. The molecule has 0 bridgehead atoms. The Kier molecular flexibility index (Phi) is 4.38. The Morgan fingerprint density at radius 1 is 1.56 bits per heavy atom. The van der Waals surface area contributed by atoms with Crippen molar-refractivity contribution in [1.29, 1.82) is 0 Å². The molecule has 0 aliphatic carbocycles. The summed E-state index contributed by atoms with van der Waals surface area (Å²) in [5.41, 5.74) is 0.556. The number of nitrogens with zero attached hydrogens (tertiary/aromatic N) is 1. The largest absolute Gasteiger partial charge is 0.338 e. The second-order valence-electron chi connectivity index (χ2n) is 4.80. The van der Waals surface area contributed by atoms with Gasteiger partial charge in [0.2, 0.25) is 0 Å². The van der Waals surface area contributed by atoms with Crippen LogP contribution < -0.4 is 0 Å². The molecule has 1 aliphatic heterocycles. The van der Waals surface area contributed by atoms with Crippen LogP contribution in [0.1, 0.15) is 36.5 Å². The van der Waals surface area contributed by atoms with E-state index in [1.54, 1.807) is 12.1 Å². The third kappa shape index (κ3) is 2.91. The maximum atomic E-state index is 13.1. The van der Waals surface area contributed by atoms with E-state index in [0.717, 1.165) is 25.9 Å². The van der Waals surface area contributed by atoms with E-state index in [2.05, 4.69) is 22.9 Å². The summed E-state index contributed by atoms with van der Waals surface area (Å²) in [6.07, 6.45) is 3.37. The molecule has 4 heteroatoms. The predicted molar refractivity (Wildman–Crippen MR) is 73.0 cm³/mol. The minimum Gasteiger partial charge on any atom is -0.338 e. The van der Waals surface area contributed by atoms with E-state index < -0.39 is 0 Å². The van der Waals surface area contributed by atoms with Crippen molar-refractivity contribution in [1.82, 2.24) is 4.90 Å². The minimum atomic E-state index is -0.336. The molecule has 1 saturated heterocycles. The van der Waals surface area contributed by atoms with Crippen LogP contribution in [0.25, 0.3) is 0 Å². The number of rotatable bonds is 2. The Labute approximate surface area is 115 Å². The molecule has 0 saturated carbocycles. The Balaban J connectivity index is 2.12. The third-order valence-corrected chi connectivity index (χ3v) is 4.16. The second-order valence-corrected chi connectivity index (χ2v) is 5.65. The van der Waals surface area contributed by atoms with Gasteiger partial charge in [-0.25, -0.2) is 4.39 Å². The third-order valence-electron chi connectivity index (χ3n) is 3.55. The van der Waals surface area contributed by atoms with Crippen LogP contribution in [0.3, 0.4) is 0 Å². The van der Waals surface area contributed by atoms with Crippen molar-refractivity contribution >= 4 is 21.8 Å². The van der Waals surface area contributed by atoms with Crippen LogP contribution in [-0.4, -0.2) is 23.9 Å². The molecule has 1 amide bonds. The van der Waals surface area contributed by atoms with Gasteiger partial charge in [-0.15, -0.1) is 0 Å². The Bertz CT molecular complexity index is 449. The molecule has 18 heavy (non-hydrogen) atoms. The molecule has 2 rings (SSSR count). The molecular weight excluding hydrogens is 297 g/mol. The van der Waals surface area contributed by atoms with Gasteiger partial charge in [0.25, 0.3) is 5.91 Å². The van der Waals surface area contributed by atoms with Gasteiger partial charge < -0.3 is 4.90 Å². The van der Waals surface area contributed by atoms with Crippen LogP contribution in [0.15, 0.2) is 22.7 Å². The summed E-state index contributed by atoms with van der Waals surface area (Å²) < 4.78 is 13.5. The number of carbonyl (C=O) groups is 1. The van der Waals surface area contributed by atoms with Gasteiger partial charge in [-0.3, -0.25) is 4.79 Å². The van der Waals surface area contributed by atoms with Crippen LogP contribution in [-0.2, 0) is 0 Å². The Morgan fingerprint density at radius 3 is 3.00 bits per heavy atom. The lowest BCUT2D eigenvalue weighted by atomic mass is 9.95. The maximum Gasteiger partial charge on any atom is 0.253 e. The fraction of sp³-hybridized carbons (Fsp3) is 0.500. The zero-order valence-electron chi connectivity index (χ0n) is 10.5. The van der Waals surface area contributed by atoms with E-state index in [1.807, 2.05) is 4.90 Å². The summed E-state index contributed by atoms with van der Waals surface area (Å²) in [4.78, 5) is 14.2. The summed E-state index contributed by atoms with van der Waals surface area (Å²) in [6, 6.07) is 4.45. The molecule has 1 aromatic carbocycles. The van der Waals surface area contributed by atoms with E-state index in [9.17, 15) is 9.18 Å². The summed E-state index contributed by atoms with van der Waals surface area (Å²) in [6.45, 7) is 3.79. The van der Waals surface area contributed by atoms with Crippen LogP contribution in [0.2, 0.25) is 0 Å². The van der Waals surface area contributed by atoms with Crippen LogP contribution in [0.5, 0.6) is 0 Å². The molecule has 1 aromatic rings. The van der Waals surface area contributed by atoms with E-state index in [-0.39, 0.29) is 11.7 Å². The lowest BCUT2D eigenvalue weighted by Gasteiger charge is -2.32. The van der Waals surface area contributed by atoms with Crippen molar-refractivity contribution < 1.29 is 9.18 Å². The fourth-order valence-corrected chi connectivity index (χ4v) is 2.77. The fourth-order valence-electron chi connectivity index (χ4n) is 2.39. The normalized spacial score (nSPS) is 19.9. The van der Waals surface area contributed by atoms with Gasteiger partial charge in [0, 0.05) is 18.7 Å². The first-order valence-electron chi connectivity index (χ1n) is 6.36. The van der Waals surface area contributed by atoms with Gasteiger partial charge in [0.15, 0.2) is 0 Å². The van der Waals surface area contributed by atoms with Gasteiger partial charge in [-0.05, 0) is 52.9 Å². The number of hydrogen-bond acceptors (Lipinski definition) is 1. The molecule has 0 radical (unpaired) electrons. The quantitative estimate of drug-likeness (QED) is 0.812. The molecule has 0 aromatic heterocycles. The van der Waals surface area contributed by atoms with E-state index in [0.29, 0.717) is 16.0 Å². The average molecular weight is 314 g/mol. The number of halogens is 2. The van der Waals surface area contributed by atoms with Gasteiger partial charge >= 0.3 is 0 Å². The number of likely N-dealkylation sites (tertiary alicyclic amines) is 1. The number of piperidine rings is 1. The van der Waals surface area contributed by atoms with Crippen molar-refractivity contribution in [2.75, 3.05) is 13.1 Å². The molecular formula is C14H17BrFNO. The minimum absolute atomic E-state index is 0.00819. The number of hydrogen-bond donors (Lipinski definition) is 0. The summed E-state index contributed by atoms with van der Waals surface area (Å²) in [7, 11) is 0. The number of benzene rings is 1. The van der Waals surface area contributed by atoms with Crippen LogP contribution in [0.4, 0.5) is 4.39 Å². The first-order chi connectivity index (χ1) is 8.61. The Morgan fingerprint density at radius 2 is 2.33 bits per heavy atom. The zero-order chi connectivity index (χ0) is 13.1. The molecule has 1 heterocycles. The van der Waals surface area contributed by atoms with Gasteiger partial charge in [-0.2, -0.15) is 0 Å². The standard InChI is InChI=1S/C14H17BrFNO/c1-2-10-4-3-7-17(9-10)14(18)11-5-6-13(16)12(15)8-11/h5-6,8,10H,2-4,7,9H2,1H3. The highest BCUT2D eigenvalue weighted by Crippen LogP contribution is 2.22. The van der Waals surface area contributed by atoms with E-state index in [1.165, 1.54) is 12.5 Å². The molecule has 1 unspecified atom stereocenters. The van der Waals surface area contributed by atoms with Gasteiger partial charge in [0.1, 0.15) is 5.82 Å². The topological polar surface area (TPSA) is 20.3 Å². The van der Waals surface area contributed by atoms with Crippen molar-refractivity contribution in [2.45, 2.75) is 26.2 Å². The lowest BCUT2D eigenvalue weighted by molar-refractivity contribution is 0.0671. The molecule has 98 valence electrons. The van der Waals surface area contributed by atoms with E-state index >= 15 is 0 Å². The highest BCUT2D eigenvalue weighted by atomic mass is 79.9. The highest BCUT2D eigenvalue weighted by Gasteiger charge is 2.23. The summed E-state index contributed by atoms with van der Waals surface area (Å²) >= 11 is 3.12. The molecule has 1 aliphatic rings. The summed E-state index contributed by atoms with van der Waals surface area (Å²) in [5.74, 6) is 0.275. The highest BCUT2D eigenvalue weighted by molar-refractivity contribution is 9.10. The first kappa shape index (κ1) is 13.5. The summed E-state index contributed by atoms with van der Waals surface area (Å²) in [5, 5.41) is 0. The predicted octanol–water partition coefficient (Wildman–Crippen LogP) is 3.85. The lowest BCUT2D eigenvalue weighted by Crippen LogP contribution is -2.39. The average Bonchev–Trinajstić information content (AvgIpc) is 2.41. The van der Waals surface area contributed by atoms with Crippen LogP contribution in [0, 0.1) is 11.7 Å². The number of carbonyl (C=O) groups excluding carboxylic acids is 1. The molecule has 0 N–H and O–H groups in total. The van der Waals surface area contributed by atoms with E-state index in [4.69, 9.17) is 0 Å². The number of amides is 1. The van der Waals surface area contributed by atoms with Crippen molar-refractivity contribution in [3.8, 4) is 0 Å². The van der Waals surface area contributed by atoms with Crippen molar-refractivity contribution in [2.24, 2.45) is 5.92 Å². The monoisotopic (exact) mass is 313 g/mol. The van der Waals surface area contributed by atoms with Gasteiger partial charge in [0.05, 0.1) is 4.47 Å². The Hall–Kier alpha value is -0.900. The molecule has 1 atom stereocenters. The molecule has 1 fully saturated rings. The first-order valence-corrected chi connectivity index (χ1v) is 7.15. The van der Waals surface area contributed by atoms with Crippen molar-refractivity contribution in [3.05, 3.63) is 34.1 Å². The maximum absolute atomic E-state index is 13.1. The SMILES string of the molecule is CCC1CCCN(C(=O)c2ccc(F)c(Br)c2)C1. The molecule has 0 spiro atoms. The van der Waals surface area contributed by atoms with Gasteiger partial charge in [-0.1, -0.05) is 13.3 Å². The molecule has 2 nitrogen and oxygen atoms in total. The van der Waals surface area contributed by atoms with Crippen molar-refractivity contribution in [3.63, 3.8) is 0 Å². The smallest absolute Gasteiger partial charge is 0.253 e. The van der Waals surface area contributed by atoms with Crippen LogP contribution >= 0.6 is 15.9 Å².